The minimum atomic E-state index is -0.686. The van der Waals surface area contributed by atoms with Gasteiger partial charge in [-0.05, 0) is 42.2 Å². The third kappa shape index (κ3) is 4.44. The maximum Gasteiger partial charge on any atom is 0.419 e. The number of rotatable bonds is 6. The molecule has 1 amide bonds. The molecule has 1 aliphatic heterocycles. The summed E-state index contributed by atoms with van der Waals surface area (Å²) >= 11 is 0. The number of hydrogen-bond donors (Lipinski definition) is 1. The number of aromatic nitrogens is 1. The highest BCUT2D eigenvalue weighted by molar-refractivity contribution is 5.81. The van der Waals surface area contributed by atoms with Gasteiger partial charge in [-0.2, -0.15) is 5.26 Å². The maximum absolute atomic E-state index is 11.9. The van der Waals surface area contributed by atoms with Gasteiger partial charge in [0.15, 0.2) is 5.58 Å². The molecule has 8 nitrogen and oxygen atoms in total. The molecule has 0 aliphatic carbocycles. The van der Waals surface area contributed by atoms with E-state index in [2.05, 4.69) is 6.07 Å². The second-order valence-corrected chi connectivity index (χ2v) is 7.95. The predicted octanol–water partition coefficient (Wildman–Crippen LogP) is 2.29. The molecule has 1 saturated heterocycles. The highest BCUT2D eigenvalue weighted by Crippen LogP contribution is 2.25. The lowest BCUT2D eigenvalue weighted by Crippen LogP contribution is -2.44. The van der Waals surface area contributed by atoms with E-state index in [1.54, 1.807) is 4.57 Å². The van der Waals surface area contributed by atoms with Gasteiger partial charge in [-0.3, -0.25) is 14.3 Å². The van der Waals surface area contributed by atoms with Gasteiger partial charge in [0.2, 0.25) is 5.91 Å². The number of primary amides is 1. The molecule has 2 heterocycles. The van der Waals surface area contributed by atoms with Crippen LogP contribution in [0, 0.1) is 11.3 Å². The van der Waals surface area contributed by atoms with Crippen LogP contribution in [0.25, 0.3) is 22.2 Å². The van der Waals surface area contributed by atoms with Crippen LogP contribution in [-0.4, -0.2) is 47.2 Å². The summed E-state index contributed by atoms with van der Waals surface area (Å²) in [5, 5.41) is 9.76. The van der Waals surface area contributed by atoms with Crippen LogP contribution >= 0.6 is 0 Å². The van der Waals surface area contributed by atoms with Gasteiger partial charge in [-0.25, -0.2) is 4.79 Å². The number of hydrogen-bond acceptors (Lipinski definition) is 6. The molecule has 4 rings (SSSR count). The summed E-state index contributed by atoms with van der Waals surface area (Å²) in [6, 6.07) is 15.7. The SMILES string of the molecule is CCn1c(=O)oc2ccc(-c3ccc(C[C@@H](C#N)N4CCCO[C@H](C(N)=O)C4)cc3)cc21. The molecule has 0 bridgehead atoms. The molecule has 0 radical (unpaired) electrons. The first-order valence-electron chi connectivity index (χ1n) is 10.8. The second kappa shape index (κ2) is 9.39. The molecule has 3 aromatic rings. The zero-order valence-corrected chi connectivity index (χ0v) is 18.0. The monoisotopic (exact) mass is 434 g/mol. The highest BCUT2D eigenvalue weighted by Gasteiger charge is 2.28. The van der Waals surface area contributed by atoms with E-state index in [1.165, 1.54) is 0 Å². The van der Waals surface area contributed by atoms with Crippen LogP contribution in [-0.2, 0) is 22.5 Å². The van der Waals surface area contributed by atoms with Gasteiger partial charge < -0.3 is 14.9 Å². The number of nitriles is 1. The fraction of sp³-hybridized carbons (Fsp3) is 0.375. The first kappa shape index (κ1) is 21.8. The summed E-state index contributed by atoms with van der Waals surface area (Å²) in [5.74, 6) is -0.851. The molecule has 1 aromatic heterocycles. The Balaban J connectivity index is 1.52. The van der Waals surface area contributed by atoms with Crippen molar-refractivity contribution in [2.24, 2.45) is 5.73 Å². The smallest absolute Gasteiger partial charge is 0.408 e. The molecule has 0 spiro atoms. The summed E-state index contributed by atoms with van der Waals surface area (Å²) in [6.07, 6.45) is 0.604. The first-order valence-corrected chi connectivity index (χ1v) is 10.8. The summed E-state index contributed by atoms with van der Waals surface area (Å²) in [6.45, 7) is 3.93. The van der Waals surface area contributed by atoms with Crippen LogP contribution in [0.5, 0.6) is 0 Å². The number of fused-ring (bicyclic) bond motifs is 1. The average molecular weight is 434 g/mol. The maximum atomic E-state index is 11.9. The fourth-order valence-corrected chi connectivity index (χ4v) is 4.16. The number of benzene rings is 2. The van der Waals surface area contributed by atoms with E-state index in [4.69, 9.17) is 14.9 Å². The summed E-state index contributed by atoms with van der Waals surface area (Å²) in [5.41, 5.74) is 9.79. The lowest BCUT2D eigenvalue weighted by atomic mass is 10.00. The van der Waals surface area contributed by atoms with Crippen molar-refractivity contribution in [2.45, 2.75) is 38.5 Å². The van der Waals surface area contributed by atoms with Gasteiger partial charge in [0.25, 0.3) is 0 Å². The van der Waals surface area contributed by atoms with E-state index in [0.717, 1.165) is 28.6 Å². The minimum absolute atomic E-state index is 0.329. The molecule has 0 unspecified atom stereocenters. The van der Waals surface area contributed by atoms with E-state index < -0.39 is 12.0 Å². The Kier molecular flexibility index (Phi) is 6.40. The minimum Gasteiger partial charge on any atom is -0.408 e. The van der Waals surface area contributed by atoms with Crippen molar-refractivity contribution in [3.8, 4) is 17.2 Å². The number of nitrogens with zero attached hydrogens (tertiary/aromatic N) is 3. The number of oxazole rings is 1. The fourth-order valence-electron chi connectivity index (χ4n) is 4.16. The largest absolute Gasteiger partial charge is 0.419 e. The van der Waals surface area contributed by atoms with E-state index in [9.17, 15) is 14.9 Å². The number of aryl methyl sites for hydroxylation is 1. The number of carbonyl (C=O) groups is 1. The van der Waals surface area contributed by atoms with Crippen molar-refractivity contribution in [1.82, 2.24) is 9.47 Å². The van der Waals surface area contributed by atoms with Gasteiger partial charge in [0, 0.05) is 32.7 Å². The third-order valence-corrected chi connectivity index (χ3v) is 5.92. The second-order valence-electron chi connectivity index (χ2n) is 7.95. The Hall–Kier alpha value is -3.41. The number of ether oxygens (including phenoxy) is 1. The van der Waals surface area contributed by atoms with E-state index in [0.29, 0.717) is 38.2 Å². The molecule has 166 valence electrons. The Bertz CT molecular complexity index is 1210. The quantitative estimate of drug-likeness (QED) is 0.637. The van der Waals surface area contributed by atoms with E-state index in [1.807, 2.05) is 54.3 Å². The lowest BCUT2D eigenvalue weighted by molar-refractivity contribution is -0.129. The molecule has 1 fully saturated rings. The third-order valence-electron chi connectivity index (χ3n) is 5.92. The van der Waals surface area contributed by atoms with E-state index in [-0.39, 0.29) is 11.8 Å². The van der Waals surface area contributed by atoms with Gasteiger partial charge in [0.05, 0.1) is 11.6 Å². The van der Waals surface area contributed by atoms with Crippen molar-refractivity contribution in [2.75, 3.05) is 19.7 Å². The van der Waals surface area contributed by atoms with Crippen LogP contribution < -0.4 is 11.5 Å². The Morgan fingerprint density at radius 2 is 2.00 bits per heavy atom. The van der Waals surface area contributed by atoms with Crippen LogP contribution in [0.15, 0.2) is 51.7 Å². The average Bonchev–Trinajstić information content (AvgIpc) is 2.95. The Labute approximate surface area is 185 Å². The Morgan fingerprint density at radius 3 is 2.69 bits per heavy atom. The molecule has 2 aromatic carbocycles. The standard InChI is InChI=1S/C24H26N4O4/c1-2-28-20-13-18(8-9-21(20)32-24(28)30)17-6-4-16(5-7-17)12-19(14-25)27-10-3-11-31-22(15-27)23(26)29/h4-9,13,19,22H,2-3,10-12,15H2,1H3,(H2,26,29)/t19-,22-/m0/s1. The normalized spacial score (nSPS) is 18.2. The van der Waals surface area contributed by atoms with Crippen molar-refractivity contribution < 1.29 is 13.9 Å². The zero-order valence-electron chi connectivity index (χ0n) is 18.0. The molecule has 32 heavy (non-hydrogen) atoms. The molecule has 0 saturated carbocycles. The van der Waals surface area contributed by atoms with Crippen molar-refractivity contribution in [1.29, 1.82) is 5.26 Å². The topological polar surface area (TPSA) is 114 Å². The lowest BCUT2D eigenvalue weighted by Gasteiger charge is -2.27. The van der Waals surface area contributed by atoms with E-state index >= 15 is 0 Å². The van der Waals surface area contributed by atoms with Gasteiger partial charge in [-0.1, -0.05) is 30.3 Å². The zero-order chi connectivity index (χ0) is 22.7. The predicted molar refractivity (Wildman–Crippen MR) is 120 cm³/mol. The number of nitrogens with two attached hydrogens (primary N) is 1. The first-order chi connectivity index (χ1) is 15.5. The molecular formula is C24H26N4O4. The molecule has 2 N–H and O–H groups in total. The van der Waals surface area contributed by atoms with Crippen molar-refractivity contribution in [3.05, 3.63) is 58.6 Å². The number of amides is 1. The summed E-state index contributed by atoms with van der Waals surface area (Å²) in [7, 11) is 0. The van der Waals surface area contributed by atoms with Gasteiger partial charge in [0.1, 0.15) is 12.1 Å². The van der Waals surface area contributed by atoms with Gasteiger partial charge in [-0.15, -0.1) is 0 Å². The van der Waals surface area contributed by atoms with Gasteiger partial charge >= 0.3 is 5.76 Å². The molecule has 1 aliphatic rings. The molecule has 2 atom stereocenters. The van der Waals surface area contributed by atoms with Crippen LogP contribution in [0.1, 0.15) is 18.9 Å². The summed E-state index contributed by atoms with van der Waals surface area (Å²) < 4.78 is 12.4. The van der Waals surface area contributed by atoms with Crippen LogP contribution in [0.2, 0.25) is 0 Å². The Morgan fingerprint density at radius 1 is 1.25 bits per heavy atom. The van der Waals surface area contributed by atoms with Crippen molar-refractivity contribution >= 4 is 17.0 Å². The van der Waals surface area contributed by atoms with Crippen molar-refractivity contribution in [3.63, 3.8) is 0 Å². The van der Waals surface area contributed by atoms with Crippen LogP contribution in [0.3, 0.4) is 0 Å². The molecular weight excluding hydrogens is 408 g/mol. The highest BCUT2D eigenvalue weighted by atomic mass is 16.5. The number of carbonyl (C=O) groups excluding carboxylic acids is 1. The molecule has 8 heteroatoms. The van der Waals surface area contributed by atoms with Crippen LogP contribution in [0.4, 0.5) is 0 Å². The summed E-state index contributed by atoms with van der Waals surface area (Å²) in [4.78, 5) is 25.5.